The monoisotopic (exact) mass is 257 g/mol. The van der Waals surface area contributed by atoms with Crippen LogP contribution in [0.5, 0.6) is 0 Å². The Bertz CT molecular complexity index is 543. The van der Waals surface area contributed by atoms with E-state index in [1.165, 1.54) is 11.1 Å². The van der Waals surface area contributed by atoms with E-state index in [9.17, 15) is 4.39 Å². The lowest BCUT2D eigenvalue weighted by Crippen LogP contribution is -2.22. The molecule has 1 nitrogen and oxygen atoms in total. The SMILES string of the molecule is CCNC(c1cccc(C)c1)c1cc(C)cc(F)c1. The Kier molecular flexibility index (Phi) is 4.33. The van der Waals surface area contributed by atoms with E-state index < -0.39 is 0 Å². The highest BCUT2D eigenvalue weighted by Crippen LogP contribution is 2.24. The van der Waals surface area contributed by atoms with Crippen LogP contribution in [0.4, 0.5) is 4.39 Å². The molecule has 0 saturated heterocycles. The highest BCUT2D eigenvalue weighted by molar-refractivity contribution is 5.36. The average molecular weight is 257 g/mol. The standard InChI is InChI=1S/C17H20FN/c1-4-19-17(14-7-5-6-12(2)8-14)15-9-13(3)10-16(18)11-15/h5-11,17,19H,4H2,1-3H3. The molecule has 1 N–H and O–H groups in total. The predicted octanol–water partition coefficient (Wildman–Crippen LogP) is 4.14. The van der Waals surface area contributed by atoms with Gasteiger partial charge < -0.3 is 5.32 Å². The maximum atomic E-state index is 13.6. The largest absolute Gasteiger partial charge is 0.307 e. The zero-order chi connectivity index (χ0) is 13.8. The Balaban J connectivity index is 2.44. The molecule has 0 radical (unpaired) electrons. The van der Waals surface area contributed by atoms with E-state index >= 15 is 0 Å². The van der Waals surface area contributed by atoms with Crippen molar-refractivity contribution in [2.45, 2.75) is 26.8 Å². The van der Waals surface area contributed by atoms with Gasteiger partial charge in [0.15, 0.2) is 0 Å². The second kappa shape index (κ2) is 5.98. The first-order valence-corrected chi connectivity index (χ1v) is 6.67. The third kappa shape index (κ3) is 3.42. The Morgan fingerprint density at radius 2 is 1.74 bits per heavy atom. The third-order valence-electron chi connectivity index (χ3n) is 3.18. The number of rotatable bonds is 4. The van der Waals surface area contributed by atoms with Crippen LogP contribution in [0.3, 0.4) is 0 Å². The molecule has 2 aromatic carbocycles. The van der Waals surface area contributed by atoms with Crippen molar-refractivity contribution in [2.75, 3.05) is 6.54 Å². The van der Waals surface area contributed by atoms with Crippen molar-refractivity contribution < 1.29 is 4.39 Å². The molecule has 0 bridgehead atoms. The maximum absolute atomic E-state index is 13.6. The van der Waals surface area contributed by atoms with Gasteiger partial charge in [-0.25, -0.2) is 4.39 Å². The van der Waals surface area contributed by atoms with E-state index in [0.29, 0.717) is 0 Å². The van der Waals surface area contributed by atoms with Crippen molar-refractivity contribution in [3.05, 3.63) is 70.5 Å². The normalized spacial score (nSPS) is 12.4. The fourth-order valence-corrected chi connectivity index (χ4v) is 2.41. The Morgan fingerprint density at radius 3 is 2.37 bits per heavy atom. The number of hydrogen-bond donors (Lipinski definition) is 1. The van der Waals surface area contributed by atoms with E-state index in [1.54, 1.807) is 12.1 Å². The lowest BCUT2D eigenvalue weighted by molar-refractivity contribution is 0.601. The minimum absolute atomic E-state index is 0.0410. The van der Waals surface area contributed by atoms with Crippen LogP contribution in [-0.2, 0) is 0 Å². The van der Waals surface area contributed by atoms with Gasteiger partial charge >= 0.3 is 0 Å². The molecule has 0 amide bonds. The summed E-state index contributed by atoms with van der Waals surface area (Å²) in [5.41, 5.74) is 4.32. The molecular formula is C17H20FN. The van der Waals surface area contributed by atoms with E-state index in [2.05, 4.69) is 37.4 Å². The van der Waals surface area contributed by atoms with Gasteiger partial charge in [-0.3, -0.25) is 0 Å². The molecule has 0 aromatic heterocycles. The molecule has 0 fully saturated rings. The van der Waals surface area contributed by atoms with Gasteiger partial charge in [0.05, 0.1) is 6.04 Å². The van der Waals surface area contributed by atoms with Crippen LogP contribution in [-0.4, -0.2) is 6.54 Å². The number of nitrogens with one attached hydrogen (secondary N) is 1. The van der Waals surface area contributed by atoms with Crippen LogP contribution in [0, 0.1) is 19.7 Å². The molecule has 1 atom stereocenters. The summed E-state index contributed by atoms with van der Waals surface area (Å²) in [6.07, 6.45) is 0. The summed E-state index contributed by atoms with van der Waals surface area (Å²) < 4.78 is 13.6. The molecule has 100 valence electrons. The second-order valence-corrected chi connectivity index (χ2v) is 4.97. The van der Waals surface area contributed by atoms with Gasteiger partial charge in [-0.2, -0.15) is 0 Å². The lowest BCUT2D eigenvalue weighted by atomic mass is 9.96. The summed E-state index contributed by atoms with van der Waals surface area (Å²) in [5.74, 6) is -0.175. The van der Waals surface area contributed by atoms with Crippen molar-refractivity contribution in [2.24, 2.45) is 0 Å². The maximum Gasteiger partial charge on any atom is 0.123 e. The van der Waals surface area contributed by atoms with Crippen molar-refractivity contribution >= 4 is 0 Å². The fraction of sp³-hybridized carbons (Fsp3) is 0.294. The first kappa shape index (κ1) is 13.8. The molecule has 19 heavy (non-hydrogen) atoms. The van der Waals surface area contributed by atoms with Crippen molar-refractivity contribution in [3.63, 3.8) is 0 Å². The van der Waals surface area contributed by atoms with E-state index in [1.807, 2.05) is 19.1 Å². The molecule has 0 heterocycles. The predicted molar refractivity (Wildman–Crippen MR) is 77.8 cm³/mol. The molecule has 2 heteroatoms. The van der Waals surface area contributed by atoms with Gasteiger partial charge in [-0.05, 0) is 49.2 Å². The molecule has 1 unspecified atom stereocenters. The topological polar surface area (TPSA) is 12.0 Å². The summed E-state index contributed by atoms with van der Waals surface area (Å²) in [7, 11) is 0. The zero-order valence-electron chi connectivity index (χ0n) is 11.7. The summed E-state index contributed by atoms with van der Waals surface area (Å²) in [6, 6.07) is 13.6. The van der Waals surface area contributed by atoms with Gasteiger partial charge in [-0.15, -0.1) is 0 Å². The second-order valence-electron chi connectivity index (χ2n) is 4.97. The molecule has 2 aromatic rings. The number of aryl methyl sites for hydroxylation is 2. The number of halogens is 1. The van der Waals surface area contributed by atoms with Crippen LogP contribution < -0.4 is 5.32 Å². The first-order chi connectivity index (χ1) is 9.10. The van der Waals surface area contributed by atoms with E-state index in [-0.39, 0.29) is 11.9 Å². The van der Waals surface area contributed by atoms with Crippen molar-refractivity contribution in [3.8, 4) is 0 Å². The fourth-order valence-electron chi connectivity index (χ4n) is 2.41. The minimum Gasteiger partial charge on any atom is -0.307 e. The van der Waals surface area contributed by atoms with Gasteiger partial charge in [-0.1, -0.05) is 42.8 Å². The van der Waals surface area contributed by atoms with Crippen molar-refractivity contribution in [1.82, 2.24) is 5.32 Å². The average Bonchev–Trinajstić information content (AvgIpc) is 2.34. The quantitative estimate of drug-likeness (QED) is 0.868. The van der Waals surface area contributed by atoms with Crippen LogP contribution in [0.15, 0.2) is 42.5 Å². The minimum atomic E-state index is -0.175. The van der Waals surface area contributed by atoms with E-state index in [0.717, 1.165) is 17.7 Å². The van der Waals surface area contributed by atoms with Gasteiger partial charge in [0.25, 0.3) is 0 Å². The van der Waals surface area contributed by atoms with Crippen LogP contribution >= 0.6 is 0 Å². The summed E-state index contributed by atoms with van der Waals surface area (Å²) in [5, 5.41) is 3.43. The highest BCUT2D eigenvalue weighted by atomic mass is 19.1. The summed E-state index contributed by atoms with van der Waals surface area (Å²) in [4.78, 5) is 0. The number of hydrogen-bond acceptors (Lipinski definition) is 1. The molecule has 2 rings (SSSR count). The first-order valence-electron chi connectivity index (χ1n) is 6.67. The van der Waals surface area contributed by atoms with Gasteiger partial charge in [0.2, 0.25) is 0 Å². The molecule has 0 aliphatic heterocycles. The third-order valence-corrected chi connectivity index (χ3v) is 3.18. The molecule has 0 aliphatic carbocycles. The Hall–Kier alpha value is -1.67. The molecule has 0 saturated carbocycles. The van der Waals surface area contributed by atoms with Crippen molar-refractivity contribution in [1.29, 1.82) is 0 Å². The van der Waals surface area contributed by atoms with Crippen LogP contribution in [0.1, 0.15) is 35.2 Å². The lowest BCUT2D eigenvalue weighted by Gasteiger charge is -2.20. The Labute approximate surface area is 114 Å². The van der Waals surface area contributed by atoms with E-state index in [4.69, 9.17) is 0 Å². The van der Waals surface area contributed by atoms with Gasteiger partial charge in [0.1, 0.15) is 5.82 Å². The van der Waals surface area contributed by atoms with Gasteiger partial charge in [0, 0.05) is 0 Å². The summed E-state index contributed by atoms with van der Waals surface area (Å²) >= 11 is 0. The molecule has 0 spiro atoms. The van der Waals surface area contributed by atoms with Crippen LogP contribution in [0.25, 0.3) is 0 Å². The smallest absolute Gasteiger partial charge is 0.123 e. The van der Waals surface area contributed by atoms with Crippen LogP contribution in [0.2, 0.25) is 0 Å². The highest BCUT2D eigenvalue weighted by Gasteiger charge is 2.14. The Morgan fingerprint density at radius 1 is 1.00 bits per heavy atom. The zero-order valence-corrected chi connectivity index (χ0v) is 11.7. The molecular weight excluding hydrogens is 237 g/mol. The summed E-state index contributed by atoms with van der Waals surface area (Å²) in [6.45, 7) is 6.90. The number of benzene rings is 2. The molecule has 0 aliphatic rings.